The summed E-state index contributed by atoms with van der Waals surface area (Å²) in [6, 6.07) is 7.86. The van der Waals surface area contributed by atoms with E-state index in [0.717, 1.165) is 30.8 Å². The van der Waals surface area contributed by atoms with Crippen molar-refractivity contribution in [3.8, 4) is 0 Å². The molecule has 1 aliphatic rings. The summed E-state index contributed by atoms with van der Waals surface area (Å²) in [7, 11) is 1.69. The molecular weight excluding hydrogens is 258 g/mol. The summed E-state index contributed by atoms with van der Waals surface area (Å²) in [5.41, 5.74) is 7.25. The van der Waals surface area contributed by atoms with Gasteiger partial charge in [-0.3, -0.25) is 4.79 Å². The van der Waals surface area contributed by atoms with E-state index in [-0.39, 0.29) is 11.3 Å². The quantitative estimate of drug-likeness (QED) is 0.817. The second-order valence-corrected chi connectivity index (χ2v) is 5.66. The minimum Gasteiger partial charge on any atom is -0.389 e. The van der Waals surface area contributed by atoms with Gasteiger partial charge in [-0.2, -0.15) is 0 Å². The summed E-state index contributed by atoms with van der Waals surface area (Å²) in [4.78, 5) is 14.5. The average Bonchev–Trinajstić information content (AvgIpc) is 2.82. The molecule has 5 heteroatoms. The normalized spacial score (nSPS) is 22.3. The van der Waals surface area contributed by atoms with E-state index < -0.39 is 0 Å². The summed E-state index contributed by atoms with van der Waals surface area (Å²) < 4.78 is 0. The fourth-order valence-electron chi connectivity index (χ4n) is 2.51. The Kier molecular flexibility index (Phi) is 3.75. The first kappa shape index (κ1) is 13.8. The summed E-state index contributed by atoms with van der Waals surface area (Å²) in [5, 5.41) is 2.74. The average molecular weight is 277 g/mol. The first-order chi connectivity index (χ1) is 8.96. The lowest BCUT2D eigenvalue weighted by Gasteiger charge is -2.24. The van der Waals surface area contributed by atoms with Crippen molar-refractivity contribution in [1.29, 1.82) is 0 Å². The Hall–Kier alpha value is -1.62. The van der Waals surface area contributed by atoms with Crippen molar-refractivity contribution in [2.45, 2.75) is 13.3 Å². The minimum atomic E-state index is -0.309. The maximum Gasteiger partial charge on any atom is 0.227 e. The first-order valence-electron chi connectivity index (χ1n) is 6.33. The Labute approximate surface area is 119 Å². The molecule has 2 rings (SSSR count). The van der Waals surface area contributed by atoms with Gasteiger partial charge in [0.15, 0.2) is 0 Å². The molecule has 0 aromatic heterocycles. The van der Waals surface area contributed by atoms with Gasteiger partial charge in [-0.05, 0) is 37.6 Å². The summed E-state index contributed by atoms with van der Waals surface area (Å²) >= 11 is 4.94. The molecule has 1 atom stereocenters. The first-order valence-corrected chi connectivity index (χ1v) is 6.74. The van der Waals surface area contributed by atoms with Crippen LogP contribution in [0.4, 0.5) is 5.69 Å². The lowest BCUT2D eigenvalue weighted by molar-refractivity contribution is -0.128. The number of amides is 1. The van der Waals surface area contributed by atoms with Crippen LogP contribution in [0.15, 0.2) is 24.3 Å². The molecule has 1 unspecified atom stereocenters. The molecule has 0 aliphatic carbocycles. The third-order valence-electron chi connectivity index (χ3n) is 3.77. The molecule has 4 nitrogen and oxygen atoms in total. The SMILES string of the molecule is CNC(=O)C1(C)CCN(c2ccc(C(N)=S)cc2)C1. The fourth-order valence-corrected chi connectivity index (χ4v) is 2.64. The monoisotopic (exact) mass is 277 g/mol. The molecular formula is C14H19N3OS. The highest BCUT2D eigenvalue weighted by atomic mass is 32.1. The predicted octanol–water partition coefficient (Wildman–Crippen LogP) is 1.28. The zero-order chi connectivity index (χ0) is 14.0. The lowest BCUT2D eigenvalue weighted by Crippen LogP contribution is -2.39. The molecule has 19 heavy (non-hydrogen) atoms. The third kappa shape index (κ3) is 2.71. The highest BCUT2D eigenvalue weighted by Gasteiger charge is 2.39. The number of rotatable bonds is 3. The molecule has 102 valence electrons. The van der Waals surface area contributed by atoms with E-state index in [2.05, 4.69) is 10.2 Å². The van der Waals surface area contributed by atoms with Crippen LogP contribution in [-0.2, 0) is 4.79 Å². The van der Waals surface area contributed by atoms with E-state index in [0.29, 0.717) is 4.99 Å². The van der Waals surface area contributed by atoms with E-state index >= 15 is 0 Å². The smallest absolute Gasteiger partial charge is 0.227 e. The Morgan fingerprint density at radius 3 is 2.58 bits per heavy atom. The molecule has 0 spiro atoms. The zero-order valence-corrected chi connectivity index (χ0v) is 12.1. The van der Waals surface area contributed by atoms with E-state index in [9.17, 15) is 4.79 Å². The molecule has 3 N–H and O–H groups in total. The second-order valence-electron chi connectivity index (χ2n) is 5.22. The van der Waals surface area contributed by atoms with E-state index in [1.807, 2.05) is 31.2 Å². The number of thiocarbonyl (C=S) groups is 1. The number of nitrogens with zero attached hydrogens (tertiary/aromatic N) is 1. The number of hydrogen-bond donors (Lipinski definition) is 2. The van der Waals surface area contributed by atoms with Gasteiger partial charge in [0.05, 0.1) is 5.41 Å². The molecule has 1 heterocycles. The van der Waals surface area contributed by atoms with Crippen LogP contribution in [0.25, 0.3) is 0 Å². The summed E-state index contributed by atoms with van der Waals surface area (Å²) in [5.74, 6) is 0.106. The fraction of sp³-hybridized carbons (Fsp3) is 0.429. The number of nitrogens with two attached hydrogens (primary N) is 1. The van der Waals surface area contributed by atoms with Crippen LogP contribution in [-0.4, -0.2) is 31.0 Å². The van der Waals surface area contributed by atoms with Crippen LogP contribution < -0.4 is 16.0 Å². The van der Waals surface area contributed by atoms with Crippen molar-refractivity contribution in [2.75, 3.05) is 25.0 Å². The molecule has 0 saturated carbocycles. The van der Waals surface area contributed by atoms with Crippen molar-refractivity contribution in [3.05, 3.63) is 29.8 Å². The van der Waals surface area contributed by atoms with Crippen LogP contribution in [0, 0.1) is 5.41 Å². The van der Waals surface area contributed by atoms with Crippen LogP contribution in [0.5, 0.6) is 0 Å². The Morgan fingerprint density at radius 2 is 2.05 bits per heavy atom. The maximum atomic E-state index is 11.9. The number of benzene rings is 1. The number of nitrogens with one attached hydrogen (secondary N) is 1. The van der Waals surface area contributed by atoms with Gasteiger partial charge in [0, 0.05) is 31.4 Å². The highest BCUT2D eigenvalue weighted by Crippen LogP contribution is 2.33. The highest BCUT2D eigenvalue weighted by molar-refractivity contribution is 7.80. The Balaban J connectivity index is 2.12. The van der Waals surface area contributed by atoms with Gasteiger partial charge < -0.3 is 16.0 Å². The van der Waals surface area contributed by atoms with Crippen LogP contribution in [0.3, 0.4) is 0 Å². The lowest BCUT2D eigenvalue weighted by atomic mass is 9.89. The van der Waals surface area contributed by atoms with Crippen molar-refractivity contribution >= 4 is 28.8 Å². The summed E-state index contributed by atoms with van der Waals surface area (Å²) in [6.07, 6.45) is 0.865. The van der Waals surface area contributed by atoms with Gasteiger partial charge in [0.2, 0.25) is 5.91 Å². The van der Waals surface area contributed by atoms with Crippen LogP contribution in [0.1, 0.15) is 18.9 Å². The molecule has 1 aromatic carbocycles. The van der Waals surface area contributed by atoms with Crippen molar-refractivity contribution in [3.63, 3.8) is 0 Å². The molecule has 0 radical (unpaired) electrons. The Morgan fingerprint density at radius 1 is 1.42 bits per heavy atom. The molecule has 0 bridgehead atoms. The standard InChI is InChI=1S/C14H19N3OS/c1-14(13(18)16-2)7-8-17(9-14)11-5-3-10(4-6-11)12(15)19/h3-6H,7-9H2,1-2H3,(H2,15,19)(H,16,18). The van der Waals surface area contributed by atoms with Crippen molar-refractivity contribution < 1.29 is 4.79 Å². The number of hydrogen-bond acceptors (Lipinski definition) is 3. The van der Waals surface area contributed by atoms with Gasteiger partial charge in [-0.1, -0.05) is 12.2 Å². The van der Waals surface area contributed by atoms with Gasteiger partial charge in [0.25, 0.3) is 0 Å². The number of anilines is 1. The molecule has 1 saturated heterocycles. The second kappa shape index (κ2) is 5.17. The van der Waals surface area contributed by atoms with E-state index in [4.69, 9.17) is 18.0 Å². The largest absolute Gasteiger partial charge is 0.389 e. The van der Waals surface area contributed by atoms with E-state index in [1.54, 1.807) is 7.05 Å². The molecule has 1 aromatic rings. The van der Waals surface area contributed by atoms with Gasteiger partial charge in [-0.15, -0.1) is 0 Å². The predicted molar refractivity (Wildman–Crippen MR) is 81.3 cm³/mol. The number of carbonyl (C=O) groups excluding carboxylic acids is 1. The van der Waals surface area contributed by atoms with Gasteiger partial charge >= 0.3 is 0 Å². The molecule has 1 amide bonds. The number of carbonyl (C=O) groups is 1. The molecule has 1 aliphatic heterocycles. The molecule has 1 fully saturated rings. The maximum absolute atomic E-state index is 11.9. The van der Waals surface area contributed by atoms with Crippen molar-refractivity contribution in [2.24, 2.45) is 11.1 Å². The zero-order valence-electron chi connectivity index (χ0n) is 11.3. The summed E-state index contributed by atoms with van der Waals surface area (Å²) in [6.45, 7) is 3.63. The van der Waals surface area contributed by atoms with Crippen LogP contribution >= 0.6 is 12.2 Å². The Bertz CT molecular complexity index is 500. The van der Waals surface area contributed by atoms with Crippen LogP contribution in [0.2, 0.25) is 0 Å². The van der Waals surface area contributed by atoms with E-state index in [1.165, 1.54) is 0 Å². The topological polar surface area (TPSA) is 58.4 Å². The van der Waals surface area contributed by atoms with Gasteiger partial charge in [-0.25, -0.2) is 0 Å². The third-order valence-corrected chi connectivity index (χ3v) is 4.00. The minimum absolute atomic E-state index is 0.106. The van der Waals surface area contributed by atoms with Gasteiger partial charge in [0.1, 0.15) is 4.99 Å². The van der Waals surface area contributed by atoms with Crippen molar-refractivity contribution in [1.82, 2.24) is 5.32 Å².